The molecule has 1 aromatic rings. The lowest BCUT2D eigenvalue weighted by Gasteiger charge is -2.25. The number of hydrogen-bond donors (Lipinski definition) is 1. The lowest BCUT2D eigenvalue weighted by Crippen LogP contribution is -2.24. The molecule has 2 atom stereocenters. The van der Waals surface area contributed by atoms with Crippen molar-refractivity contribution >= 4 is 0 Å². The zero-order valence-electron chi connectivity index (χ0n) is 12.0. The topological polar surface area (TPSA) is 38.7 Å². The van der Waals surface area contributed by atoms with E-state index in [1.807, 2.05) is 30.3 Å². The van der Waals surface area contributed by atoms with E-state index in [9.17, 15) is 5.11 Å². The van der Waals surface area contributed by atoms with Crippen LogP contribution in [0.15, 0.2) is 42.5 Å². The summed E-state index contributed by atoms with van der Waals surface area (Å²) in [5.41, 5.74) is 1.79. The SMILES string of the molecule is C=C(C[C@@H](O)c1ccccc1)[C@@H](OCOC)C(C)C. The molecule has 106 valence electrons. The van der Waals surface area contributed by atoms with Gasteiger partial charge in [0.2, 0.25) is 0 Å². The van der Waals surface area contributed by atoms with Gasteiger partial charge in [0.15, 0.2) is 0 Å². The van der Waals surface area contributed by atoms with Crippen molar-refractivity contribution in [3.05, 3.63) is 48.0 Å². The first-order valence-electron chi connectivity index (χ1n) is 6.57. The third-order valence-corrected chi connectivity index (χ3v) is 3.01. The predicted molar refractivity (Wildman–Crippen MR) is 76.7 cm³/mol. The Morgan fingerprint density at radius 1 is 1.26 bits per heavy atom. The Kier molecular flexibility index (Phi) is 6.78. The Hall–Kier alpha value is -1.16. The van der Waals surface area contributed by atoms with Gasteiger partial charge in [0.1, 0.15) is 6.79 Å². The first-order chi connectivity index (χ1) is 9.06. The van der Waals surface area contributed by atoms with E-state index < -0.39 is 6.10 Å². The van der Waals surface area contributed by atoms with Crippen LogP contribution in [0.2, 0.25) is 0 Å². The number of benzene rings is 1. The van der Waals surface area contributed by atoms with E-state index in [1.165, 1.54) is 0 Å². The molecule has 0 aliphatic heterocycles. The molecular formula is C16H24O3. The largest absolute Gasteiger partial charge is 0.388 e. The minimum atomic E-state index is -0.541. The van der Waals surface area contributed by atoms with Crippen molar-refractivity contribution < 1.29 is 14.6 Å². The highest BCUT2D eigenvalue weighted by molar-refractivity contribution is 5.20. The van der Waals surface area contributed by atoms with E-state index in [0.29, 0.717) is 12.3 Å². The van der Waals surface area contributed by atoms with Crippen molar-refractivity contribution in [2.45, 2.75) is 32.5 Å². The summed E-state index contributed by atoms with van der Waals surface area (Å²) in [6.07, 6.45) is -0.143. The molecule has 3 heteroatoms. The van der Waals surface area contributed by atoms with Crippen molar-refractivity contribution in [2.24, 2.45) is 5.92 Å². The summed E-state index contributed by atoms with van der Waals surface area (Å²) in [4.78, 5) is 0. The molecular weight excluding hydrogens is 240 g/mol. The van der Waals surface area contributed by atoms with Crippen LogP contribution in [0, 0.1) is 5.92 Å². The van der Waals surface area contributed by atoms with Crippen LogP contribution in [0.4, 0.5) is 0 Å². The van der Waals surface area contributed by atoms with Crippen LogP contribution in [0.5, 0.6) is 0 Å². The lowest BCUT2D eigenvalue weighted by atomic mass is 9.93. The van der Waals surface area contributed by atoms with Crippen molar-refractivity contribution in [3.8, 4) is 0 Å². The van der Waals surface area contributed by atoms with Crippen LogP contribution in [-0.4, -0.2) is 25.1 Å². The molecule has 0 spiro atoms. The summed E-state index contributed by atoms with van der Waals surface area (Å²) >= 11 is 0. The van der Waals surface area contributed by atoms with Gasteiger partial charge in [0.05, 0.1) is 12.2 Å². The molecule has 0 saturated heterocycles. The molecule has 0 radical (unpaired) electrons. The Morgan fingerprint density at radius 2 is 1.89 bits per heavy atom. The number of aliphatic hydroxyl groups is 1. The molecule has 0 aliphatic rings. The van der Waals surface area contributed by atoms with Gasteiger partial charge in [-0.3, -0.25) is 0 Å². The molecule has 3 nitrogen and oxygen atoms in total. The fourth-order valence-corrected chi connectivity index (χ4v) is 2.08. The summed E-state index contributed by atoms with van der Waals surface area (Å²) in [6.45, 7) is 8.43. The van der Waals surface area contributed by atoms with Crippen LogP contribution < -0.4 is 0 Å². The molecule has 1 aromatic carbocycles. The Balaban J connectivity index is 2.61. The number of hydrogen-bond acceptors (Lipinski definition) is 3. The van der Waals surface area contributed by atoms with Crippen LogP contribution >= 0.6 is 0 Å². The molecule has 0 fully saturated rings. The summed E-state index contributed by atoms with van der Waals surface area (Å²) < 4.78 is 10.6. The second-order valence-corrected chi connectivity index (χ2v) is 5.03. The molecule has 0 saturated carbocycles. The van der Waals surface area contributed by atoms with E-state index in [1.54, 1.807) is 7.11 Å². The second kappa shape index (κ2) is 8.10. The summed E-state index contributed by atoms with van der Waals surface area (Å²) in [7, 11) is 1.60. The van der Waals surface area contributed by atoms with Gasteiger partial charge in [-0.15, -0.1) is 0 Å². The van der Waals surface area contributed by atoms with Gasteiger partial charge in [-0.05, 0) is 17.1 Å². The van der Waals surface area contributed by atoms with Crippen molar-refractivity contribution in [2.75, 3.05) is 13.9 Å². The highest BCUT2D eigenvalue weighted by Gasteiger charge is 2.20. The van der Waals surface area contributed by atoms with E-state index in [4.69, 9.17) is 9.47 Å². The van der Waals surface area contributed by atoms with Gasteiger partial charge < -0.3 is 14.6 Å². The third kappa shape index (κ3) is 5.15. The lowest BCUT2D eigenvalue weighted by molar-refractivity contribution is -0.0746. The number of rotatable bonds is 8. The summed E-state index contributed by atoms with van der Waals surface area (Å²) in [6, 6.07) is 9.60. The molecule has 0 aliphatic carbocycles. The summed E-state index contributed by atoms with van der Waals surface area (Å²) in [5, 5.41) is 10.2. The molecule has 0 aromatic heterocycles. The third-order valence-electron chi connectivity index (χ3n) is 3.01. The van der Waals surface area contributed by atoms with Crippen molar-refractivity contribution in [3.63, 3.8) is 0 Å². The molecule has 1 N–H and O–H groups in total. The van der Waals surface area contributed by atoms with Crippen LogP contribution in [0.25, 0.3) is 0 Å². The Morgan fingerprint density at radius 3 is 2.42 bits per heavy atom. The average molecular weight is 264 g/mol. The van der Waals surface area contributed by atoms with Crippen molar-refractivity contribution in [1.82, 2.24) is 0 Å². The van der Waals surface area contributed by atoms with E-state index in [-0.39, 0.29) is 12.9 Å². The molecule has 0 heterocycles. The number of ether oxygens (including phenoxy) is 2. The van der Waals surface area contributed by atoms with E-state index in [0.717, 1.165) is 11.1 Å². The van der Waals surface area contributed by atoms with Gasteiger partial charge >= 0.3 is 0 Å². The highest BCUT2D eigenvalue weighted by atomic mass is 16.7. The van der Waals surface area contributed by atoms with E-state index >= 15 is 0 Å². The monoisotopic (exact) mass is 264 g/mol. The number of methoxy groups -OCH3 is 1. The normalized spacial score (nSPS) is 14.4. The zero-order valence-corrected chi connectivity index (χ0v) is 12.0. The molecule has 0 amide bonds. The Bertz CT molecular complexity index is 373. The average Bonchev–Trinajstić information content (AvgIpc) is 2.39. The molecule has 0 unspecified atom stereocenters. The van der Waals surface area contributed by atoms with Gasteiger partial charge in [-0.2, -0.15) is 0 Å². The highest BCUT2D eigenvalue weighted by Crippen LogP contribution is 2.25. The van der Waals surface area contributed by atoms with Gasteiger partial charge in [0, 0.05) is 13.5 Å². The molecule has 19 heavy (non-hydrogen) atoms. The fourth-order valence-electron chi connectivity index (χ4n) is 2.08. The maximum atomic E-state index is 10.2. The smallest absolute Gasteiger partial charge is 0.147 e. The van der Waals surface area contributed by atoms with Gasteiger partial charge in [0.25, 0.3) is 0 Å². The first-order valence-corrected chi connectivity index (χ1v) is 6.57. The molecule has 1 rings (SSSR count). The Labute approximate surface area is 115 Å². The van der Waals surface area contributed by atoms with Crippen LogP contribution in [-0.2, 0) is 9.47 Å². The van der Waals surface area contributed by atoms with Crippen LogP contribution in [0.3, 0.4) is 0 Å². The first kappa shape index (κ1) is 15.9. The van der Waals surface area contributed by atoms with Crippen molar-refractivity contribution in [1.29, 1.82) is 0 Å². The van der Waals surface area contributed by atoms with E-state index in [2.05, 4.69) is 20.4 Å². The quantitative estimate of drug-likeness (QED) is 0.578. The van der Waals surface area contributed by atoms with Gasteiger partial charge in [-0.25, -0.2) is 0 Å². The standard InChI is InChI=1S/C16H24O3/c1-12(2)16(19-11-18-4)13(3)10-15(17)14-8-6-5-7-9-14/h5-9,12,15-17H,3,10-11H2,1-2,4H3/t15-,16+/m1/s1. The van der Waals surface area contributed by atoms with Crippen LogP contribution in [0.1, 0.15) is 31.9 Å². The minimum Gasteiger partial charge on any atom is -0.388 e. The maximum Gasteiger partial charge on any atom is 0.147 e. The molecule has 0 bridgehead atoms. The second-order valence-electron chi connectivity index (χ2n) is 5.03. The predicted octanol–water partition coefficient (Wildman–Crippen LogP) is 3.31. The van der Waals surface area contributed by atoms with Gasteiger partial charge in [-0.1, -0.05) is 50.8 Å². The summed E-state index contributed by atoms with van der Waals surface area (Å²) in [5.74, 6) is 0.297. The zero-order chi connectivity index (χ0) is 14.3. The fraction of sp³-hybridized carbons (Fsp3) is 0.500. The number of aliphatic hydroxyl groups excluding tert-OH is 1. The maximum absolute atomic E-state index is 10.2. The minimum absolute atomic E-state index is 0.0988.